The van der Waals surface area contributed by atoms with Gasteiger partial charge in [-0.05, 0) is 30.7 Å². The summed E-state index contributed by atoms with van der Waals surface area (Å²) in [5.41, 5.74) is 1.54. The molecule has 1 aromatic carbocycles. The summed E-state index contributed by atoms with van der Waals surface area (Å²) >= 11 is 0. The van der Waals surface area contributed by atoms with Gasteiger partial charge in [-0.3, -0.25) is 9.59 Å². The molecule has 1 N–H and O–H groups in total. The number of para-hydroxylation sites is 2. The number of ether oxygens (including phenoxy) is 1. The molecule has 6 heteroatoms. The number of nitrogens with one attached hydrogen (secondary N) is 1. The molecule has 0 radical (unpaired) electrons. The minimum absolute atomic E-state index is 0.132. The standard InChI is InChI=1S/C17H17N3O3/c1-11-6-5-9-18-16(11)19-17(22)15-10-20(12(2)21)13-7-3-4-8-14(13)23-15/h3-9,15H,10H2,1-2H3,(H,18,19,22)/t15-/m0/s1. The van der Waals surface area contributed by atoms with E-state index in [1.54, 1.807) is 35.4 Å². The minimum atomic E-state index is -0.782. The van der Waals surface area contributed by atoms with Gasteiger partial charge in [0.05, 0.1) is 12.2 Å². The third kappa shape index (κ3) is 3.01. The lowest BCUT2D eigenvalue weighted by Gasteiger charge is -2.33. The molecule has 0 fully saturated rings. The number of aryl methyl sites for hydroxylation is 1. The second kappa shape index (κ2) is 6.08. The highest BCUT2D eigenvalue weighted by Gasteiger charge is 2.32. The fourth-order valence-corrected chi connectivity index (χ4v) is 2.48. The molecular weight excluding hydrogens is 294 g/mol. The molecule has 1 aromatic heterocycles. The van der Waals surface area contributed by atoms with Crippen LogP contribution in [0.1, 0.15) is 12.5 Å². The van der Waals surface area contributed by atoms with Gasteiger partial charge in [0.15, 0.2) is 6.10 Å². The van der Waals surface area contributed by atoms with E-state index in [0.717, 1.165) is 5.56 Å². The molecule has 1 atom stereocenters. The maximum absolute atomic E-state index is 12.5. The second-order valence-electron chi connectivity index (χ2n) is 5.36. The van der Waals surface area contributed by atoms with E-state index in [2.05, 4.69) is 10.3 Å². The average molecular weight is 311 g/mol. The Morgan fingerprint density at radius 1 is 1.26 bits per heavy atom. The highest BCUT2D eigenvalue weighted by molar-refractivity contribution is 5.99. The fourth-order valence-electron chi connectivity index (χ4n) is 2.48. The van der Waals surface area contributed by atoms with Gasteiger partial charge in [-0.15, -0.1) is 0 Å². The van der Waals surface area contributed by atoms with Crippen molar-refractivity contribution in [1.29, 1.82) is 0 Å². The van der Waals surface area contributed by atoms with Crippen molar-refractivity contribution in [2.75, 3.05) is 16.8 Å². The van der Waals surface area contributed by atoms with Crippen LogP contribution in [-0.4, -0.2) is 29.4 Å². The van der Waals surface area contributed by atoms with Crippen LogP contribution >= 0.6 is 0 Å². The molecule has 2 amide bonds. The summed E-state index contributed by atoms with van der Waals surface area (Å²) in [4.78, 5) is 30.0. The summed E-state index contributed by atoms with van der Waals surface area (Å²) in [6, 6.07) is 10.8. The molecule has 118 valence electrons. The average Bonchev–Trinajstić information content (AvgIpc) is 2.55. The Kier molecular flexibility index (Phi) is 3.97. The Morgan fingerprint density at radius 3 is 2.78 bits per heavy atom. The normalized spacial score (nSPS) is 16.3. The first kappa shape index (κ1) is 15.0. The van der Waals surface area contributed by atoms with Crippen molar-refractivity contribution in [3.05, 3.63) is 48.2 Å². The zero-order chi connectivity index (χ0) is 16.4. The van der Waals surface area contributed by atoms with E-state index in [-0.39, 0.29) is 18.4 Å². The third-order valence-electron chi connectivity index (χ3n) is 3.70. The molecule has 2 aromatic rings. The number of amides is 2. The zero-order valence-electron chi connectivity index (χ0n) is 12.9. The highest BCUT2D eigenvalue weighted by atomic mass is 16.5. The lowest BCUT2D eigenvalue weighted by Crippen LogP contribution is -2.48. The highest BCUT2D eigenvalue weighted by Crippen LogP contribution is 2.33. The number of carbonyl (C=O) groups excluding carboxylic acids is 2. The number of aromatic nitrogens is 1. The first-order valence-corrected chi connectivity index (χ1v) is 7.32. The number of anilines is 2. The van der Waals surface area contributed by atoms with Crippen LogP contribution < -0.4 is 15.0 Å². The largest absolute Gasteiger partial charge is 0.476 e. The number of rotatable bonds is 2. The molecule has 0 spiro atoms. The van der Waals surface area contributed by atoms with Crippen LogP contribution in [-0.2, 0) is 9.59 Å². The molecule has 6 nitrogen and oxygen atoms in total. The van der Waals surface area contributed by atoms with Crippen LogP contribution in [0.25, 0.3) is 0 Å². The van der Waals surface area contributed by atoms with Crippen molar-refractivity contribution in [2.45, 2.75) is 20.0 Å². The predicted octanol–water partition coefficient (Wildman–Crippen LogP) is 2.14. The number of pyridine rings is 1. The Bertz CT molecular complexity index is 760. The topological polar surface area (TPSA) is 71.5 Å². The van der Waals surface area contributed by atoms with Crippen LogP contribution in [0.15, 0.2) is 42.6 Å². The quantitative estimate of drug-likeness (QED) is 0.922. The molecule has 0 saturated heterocycles. The van der Waals surface area contributed by atoms with Crippen molar-refractivity contribution < 1.29 is 14.3 Å². The smallest absolute Gasteiger partial charge is 0.268 e. The van der Waals surface area contributed by atoms with E-state index in [0.29, 0.717) is 17.3 Å². The Hall–Kier alpha value is -2.89. The van der Waals surface area contributed by atoms with Gasteiger partial charge in [-0.2, -0.15) is 0 Å². The number of nitrogens with zero attached hydrogens (tertiary/aromatic N) is 2. The first-order chi connectivity index (χ1) is 11.1. The second-order valence-corrected chi connectivity index (χ2v) is 5.36. The number of hydrogen-bond donors (Lipinski definition) is 1. The van der Waals surface area contributed by atoms with Crippen molar-refractivity contribution in [1.82, 2.24) is 4.98 Å². The maximum atomic E-state index is 12.5. The minimum Gasteiger partial charge on any atom is -0.476 e. The van der Waals surface area contributed by atoms with Crippen LogP contribution in [0.2, 0.25) is 0 Å². The van der Waals surface area contributed by atoms with Crippen LogP contribution in [0.4, 0.5) is 11.5 Å². The van der Waals surface area contributed by atoms with E-state index >= 15 is 0 Å². The van der Waals surface area contributed by atoms with Gasteiger partial charge >= 0.3 is 0 Å². The molecule has 1 aliphatic rings. The van der Waals surface area contributed by atoms with Crippen molar-refractivity contribution in [2.24, 2.45) is 0 Å². The van der Waals surface area contributed by atoms with E-state index in [9.17, 15) is 9.59 Å². The Balaban J connectivity index is 1.83. The molecule has 23 heavy (non-hydrogen) atoms. The van der Waals surface area contributed by atoms with Gasteiger partial charge in [-0.1, -0.05) is 18.2 Å². The molecule has 0 aliphatic carbocycles. The fraction of sp³-hybridized carbons (Fsp3) is 0.235. The summed E-state index contributed by atoms with van der Waals surface area (Å²) in [7, 11) is 0. The monoisotopic (exact) mass is 311 g/mol. The summed E-state index contributed by atoms with van der Waals surface area (Å²) in [5.74, 6) is 0.557. The summed E-state index contributed by atoms with van der Waals surface area (Å²) < 4.78 is 5.75. The molecular formula is C17H17N3O3. The van der Waals surface area contributed by atoms with Crippen molar-refractivity contribution in [3.63, 3.8) is 0 Å². The van der Waals surface area contributed by atoms with Crippen molar-refractivity contribution in [3.8, 4) is 5.75 Å². The van der Waals surface area contributed by atoms with Gasteiger partial charge in [0.25, 0.3) is 5.91 Å². The van der Waals surface area contributed by atoms with Gasteiger partial charge in [-0.25, -0.2) is 4.98 Å². The van der Waals surface area contributed by atoms with Gasteiger partial charge < -0.3 is 15.0 Å². The van der Waals surface area contributed by atoms with Gasteiger partial charge in [0.1, 0.15) is 11.6 Å². The van der Waals surface area contributed by atoms with E-state index in [4.69, 9.17) is 4.74 Å². The summed E-state index contributed by atoms with van der Waals surface area (Å²) in [5, 5.41) is 2.76. The summed E-state index contributed by atoms with van der Waals surface area (Å²) in [6.45, 7) is 3.51. The molecule has 0 bridgehead atoms. The lowest BCUT2D eigenvalue weighted by molar-refractivity contribution is -0.123. The first-order valence-electron chi connectivity index (χ1n) is 7.32. The number of fused-ring (bicyclic) bond motifs is 1. The van der Waals surface area contributed by atoms with Crippen LogP contribution in [0.3, 0.4) is 0 Å². The van der Waals surface area contributed by atoms with Crippen molar-refractivity contribution >= 4 is 23.3 Å². The number of hydrogen-bond acceptors (Lipinski definition) is 4. The molecule has 0 saturated carbocycles. The summed E-state index contributed by atoms with van der Waals surface area (Å²) in [6.07, 6.45) is 0.830. The number of benzene rings is 1. The van der Waals surface area contributed by atoms with E-state index in [1.165, 1.54) is 6.92 Å². The predicted molar refractivity (Wildman–Crippen MR) is 86.5 cm³/mol. The zero-order valence-corrected chi connectivity index (χ0v) is 12.9. The molecule has 2 heterocycles. The maximum Gasteiger partial charge on any atom is 0.268 e. The number of carbonyl (C=O) groups is 2. The third-order valence-corrected chi connectivity index (χ3v) is 3.70. The van der Waals surface area contributed by atoms with Gasteiger partial charge in [0, 0.05) is 13.1 Å². The van der Waals surface area contributed by atoms with Gasteiger partial charge in [0.2, 0.25) is 5.91 Å². The van der Waals surface area contributed by atoms with Crippen LogP contribution in [0, 0.1) is 6.92 Å². The molecule has 3 rings (SSSR count). The Labute approximate surface area is 134 Å². The van der Waals surface area contributed by atoms with E-state index < -0.39 is 6.10 Å². The molecule has 1 aliphatic heterocycles. The molecule has 0 unspecified atom stereocenters. The Morgan fingerprint density at radius 2 is 2.04 bits per heavy atom. The lowest BCUT2D eigenvalue weighted by atomic mass is 10.1. The van der Waals surface area contributed by atoms with E-state index in [1.807, 2.05) is 19.1 Å². The SMILES string of the molecule is CC(=O)N1C[C@@H](C(=O)Nc2ncccc2C)Oc2ccccc21. The van der Waals surface area contributed by atoms with Crippen LogP contribution in [0.5, 0.6) is 5.75 Å².